The first-order valence-corrected chi connectivity index (χ1v) is 15.6. The number of benzene rings is 2. The lowest BCUT2D eigenvalue weighted by atomic mass is 9.83. The molecule has 2 aromatic rings. The van der Waals surface area contributed by atoms with Crippen LogP contribution in [-0.2, 0) is 32.7 Å². The van der Waals surface area contributed by atoms with Gasteiger partial charge in [0.2, 0.25) is 10.3 Å². The molecule has 5 rings (SSSR count). The van der Waals surface area contributed by atoms with E-state index in [0.717, 1.165) is 38.5 Å². The molecule has 214 valence electrons. The van der Waals surface area contributed by atoms with Crippen LogP contribution in [0.4, 0.5) is 4.79 Å². The molecule has 1 aliphatic heterocycles. The molecule has 1 heterocycles. The van der Waals surface area contributed by atoms with Crippen molar-refractivity contribution >= 4 is 32.8 Å². The monoisotopic (exact) mass is 572 g/mol. The van der Waals surface area contributed by atoms with Crippen molar-refractivity contribution in [3.8, 4) is 0 Å². The number of ketones is 2. The molecule has 1 saturated heterocycles. The van der Waals surface area contributed by atoms with Crippen LogP contribution in [0.2, 0.25) is 0 Å². The number of rotatable bonds is 9. The van der Waals surface area contributed by atoms with Gasteiger partial charge in [-0.15, -0.1) is 0 Å². The lowest BCUT2D eigenvalue weighted by Gasteiger charge is -2.42. The van der Waals surface area contributed by atoms with Gasteiger partial charge in [-0.2, -0.15) is 8.42 Å². The van der Waals surface area contributed by atoms with Crippen LogP contribution in [0, 0.1) is 0 Å². The smallest absolute Gasteiger partial charge is 0.318 e. The molecular weight excluding hydrogens is 536 g/mol. The summed E-state index contributed by atoms with van der Waals surface area (Å²) in [6.07, 6.45) is 9.65. The Morgan fingerprint density at radius 2 is 1.44 bits per heavy atom. The Hall–Kier alpha value is -3.78. The fourth-order valence-electron chi connectivity index (χ4n) is 6.34. The fraction of sp³-hybridized carbons (Fsp3) is 0.394. The summed E-state index contributed by atoms with van der Waals surface area (Å²) < 4.78 is 23.1. The molecule has 1 N–H and O–H groups in total. The summed E-state index contributed by atoms with van der Waals surface area (Å²) in [5, 5.41) is 3.20. The minimum atomic E-state index is -2.47. The summed E-state index contributed by atoms with van der Waals surface area (Å²) in [5.41, 5.74) is 1.25. The molecule has 2 aliphatic carbocycles. The van der Waals surface area contributed by atoms with Crippen molar-refractivity contribution in [2.24, 2.45) is 0 Å². The van der Waals surface area contributed by atoms with Gasteiger partial charge in [0.15, 0.2) is 17.1 Å². The van der Waals surface area contributed by atoms with Crippen molar-refractivity contribution in [3.63, 3.8) is 0 Å². The van der Waals surface area contributed by atoms with E-state index in [9.17, 15) is 22.8 Å². The first kappa shape index (κ1) is 28.7. The predicted octanol–water partition coefficient (Wildman–Crippen LogP) is 4.79. The number of amides is 2. The largest absolute Gasteiger partial charge is 0.335 e. The highest BCUT2D eigenvalue weighted by atomic mass is 32.2. The number of hydrogen-bond acceptors (Lipinski definition) is 5. The summed E-state index contributed by atoms with van der Waals surface area (Å²) in [5.74, 6) is -0.847. The molecule has 2 aromatic carbocycles. The number of aryl methyl sites for hydroxylation is 2. The Balaban J connectivity index is 1.33. The second kappa shape index (κ2) is 12.8. The summed E-state index contributed by atoms with van der Waals surface area (Å²) in [7, 11) is -2.47. The predicted molar refractivity (Wildman–Crippen MR) is 159 cm³/mol. The van der Waals surface area contributed by atoms with Gasteiger partial charge in [-0.3, -0.25) is 9.59 Å². The Labute approximate surface area is 242 Å². The highest BCUT2D eigenvalue weighted by Gasteiger charge is 2.61. The number of piperidine rings is 1. The van der Waals surface area contributed by atoms with Gasteiger partial charge in [0, 0.05) is 30.2 Å². The van der Waals surface area contributed by atoms with E-state index in [1.807, 2.05) is 36.4 Å². The molecule has 1 atom stereocenters. The molecule has 2 amide bonds. The molecule has 2 fully saturated rings. The van der Waals surface area contributed by atoms with Crippen molar-refractivity contribution in [1.82, 2.24) is 10.2 Å². The van der Waals surface area contributed by atoms with E-state index >= 15 is 0 Å². The normalized spacial score (nSPS) is 20.2. The molecule has 1 spiro atoms. The third kappa shape index (κ3) is 6.12. The number of hydrogen-bond donors (Lipinski definition) is 1. The third-order valence-electron chi connectivity index (χ3n) is 8.48. The van der Waals surface area contributed by atoms with Gasteiger partial charge >= 0.3 is 6.03 Å². The van der Waals surface area contributed by atoms with Crippen LogP contribution >= 0.6 is 0 Å². The average molecular weight is 573 g/mol. The minimum Gasteiger partial charge on any atom is -0.335 e. The zero-order valence-electron chi connectivity index (χ0n) is 23.2. The number of carbonyl (C=O) groups excluding carboxylic acids is 3. The lowest BCUT2D eigenvalue weighted by molar-refractivity contribution is -0.136. The molecular formula is C33H36N2O5S. The van der Waals surface area contributed by atoms with E-state index in [4.69, 9.17) is 0 Å². The molecule has 0 aromatic heterocycles. The highest BCUT2D eigenvalue weighted by Crippen LogP contribution is 2.43. The van der Waals surface area contributed by atoms with Crippen LogP contribution in [-0.4, -0.2) is 53.9 Å². The topological polar surface area (TPSA) is 101 Å². The number of carbonyl (C=O) groups is 3. The number of urea groups is 1. The van der Waals surface area contributed by atoms with Crippen LogP contribution in [0.5, 0.6) is 0 Å². The molecule has 41 heavy (non-hydrogen) atoms. The quantitative estimate of drug-likeness (QED) is 0.344. The summed E-state index contributed by atoms with van der Waals surface area (Å²) in [4.78, 5) is 42.9. The van der Waals surface area contributed by atoms with Gasteiger partial charge in [-0.25, -0.2) is 4.79 Å². The Bertz CT molecular complexity index is 1460. The fourth-order valence-corrected chi connectivity index (χ4v) is 6.77. The van der Waals surface area contributed by atoms with Crippen molar-refractivity contribution in [2.45, 2.75) is 75.8 Å². The van der Waals surface area contributed by atoms with E-state index in [1.54, 1.807) is 0 Å². The standard InChI is InChI=1S/C33H36N2O5S/c36-30-28-20-19-27(41(39)40)23-29(28)31(37)33(30)21-7-8-22-35(33)32(38)34-26(17-9-15-24-11-3-1-4-12-24)18-10-16-25-13-5-2-6-14-25/h1-6,11-14,20,23,26H,7-10,15-19,21-22H2,(H,34,38)/t33-/m0/s1. The summed E-state index contributed by atoms with van der Waals surface area (Å²) in [6, 6.07) is 20.0. The van der Waals surface area contributed by atoms with E-state index in [-0.39, 0.29) is 40.7 Å². The lowest BCUT2D eigenvalue weighted by Crippen LogP contribution is -2.64. The molecule has 0 unspecified atom stereocenters. The second-order valence-corrected chi connectivity index (χ2v) is 12.1. The van der Waals surface area contributed by atoms with Gasteiger partial charge in [-0.1, -0.05) is 66.7 Å². The van der Waals surface area contributed by atoms with Crippen LogP contribution < -0.4 is 5.32 Å². The zero-order chi connectivity index (χ0) is 28.8. The molecule has 0 bridgehead atoms. The number of Topliss-reactive ketones (excluding diaryl/α,β-unsaturated/α-hetero) is 2. The van der Waals surface area contributed by atoms with Crippen molar-refractivity contribution in [2.75, 3.05) is 6.54 Å². The molecule has 1 saturated carbocycles. The van der Waals surface area contributed by atoms with E-state index in [2.05, 4.69) is 29.6 Å². The van der Waals surface area contributed by atoms with Crippen LogP contribution in [0.15, 0.2) is 84.0 Å². The van der Waals surface area contributed by atoms with Gasteiger partial charge < -0.3 is 10.2 Å². The maximum absolute atomic E-state index is 13.9. The van der Waals surface area contributed by atoms with Crippen LogP contribution in [0.25, 0.3) is 0 Å². The van der Waals surface area contributed by atoms with Crippen LogP contribution in [0.3, 0.4) is 0 Å². The zero-order valence-corrected chi connectivity index (χ0v) is 24.0. The Morgan fingerprint density at radius 1 is 0.854 bits per heavy atom. The average Bonchev–Trinajstić information content (AvgIpc) is 3.20. The molecule has 0 radical (unpaired) electrons. The second-order valence-electron chi connectivity index (χ2n) is 11.1. The van der Waals surface area contributed by atoms with E-state index < -0.39 is 27.6 Å². The molecule has 3 aliphatic rings. The molecule has 7 nitrogen and oxygen atoms in total. The van der Waals surface area contributed by atoms with Crippen molar-refractivity contribution in [1.29, 1.82) is 0 Å². The Kier molecular flexibility index (Phi) is 8.98. The first-order valence-electron chi connectivity index (χ1n) is 14.5. The first-order chi connectivity index (χ1) is 19.9. The minimum absolute atomic E-state index is 0.0706. The van der Waals surface area contributed by atoms with Crippen LogP contribution in [0.1, 0.15) is 62.5 Å². The number of allylic oxidation sites excluding steroid dienone is 2. The van der Waals surface area contributed by atoms with E-state index in [1.165, 1.54) is 28.2 Å². The van der Waals surface area contributed by atoms with Gasteiger partial charge in [-0.05, 0) is 75.0 Å². The van der Waals surface area contributed by atoms with Gasteiger partial charge in [0.05, 0.1) is 4.86 Å². The van der Waals surface area contributed by atoms with Gasteiger partial charge in [0.1, 0.15) is 0 Å². The maximum Gasteiger partial charge on any atom is 0.318 e. The summed E-state index contributed by atoms with van der Waals surface area (Å²) in [6.45, 7) is 0.300. The van der Waals surface area contributed by atoms with E-state index in [0.29, 0.717) is 19.4 Å². The highest BCUT2D eigenvalue weighted by molar-refractivity contribution is 7.73. The SMILES string of the molecule is O=C(NC(CCCc1ccccc1)CCCc1ccccc1)N1CCCC[C@@]12C(=O)C1=CCC(=S(=O)=O)C=C1C2=O. The Morgan fingerprint density at radius 3 is 2.02 bits per heavy atom. The third-order valence-corrected chi connectivity index (χ3v) is 9.20. The van der Waals surface area contributed by atoms with Crippen molar-refractivity contribution < 1.29 is 22.8 Å². The number of fused-ring (bicyclic) bond motifs is 1. The number of likely N-dealkylation sites (tertiary alicyclic amines) is 1. The van der Waals surface area contributed by atoms with Gasteiger partial charge in [0.25, 0.3) is 0 Å². The molecule has 8 heteroatoms. The van der Waals surface area contributed by atoms with Crippen molar-refractivity contribution in [3.05, 3.63) is 95.1 Å². The summed E-state index contributed by atoms with van der Waals surface area (Å²) >= 11 is 0. The number of nitrogens with zero attached hydrogens (tertiary/aromatic N) is 1. The maximum atomic E-state index is 13.9. The number of nitrogens with one attached hydrogen (secondary N) is 1.